The summed E-state index contributed by atoms with van der Waals surface area (Å²) in [6.07, 6.45) is 0.956. The first-order valence-corrected chi connectivity index (χ1v) is 12.0. The summed E-state index contributed by atoms with van der Waals surface area (Å²) in [6.45, 7) is 0.595. The summed E-state index contributed by atoms with van der Waals surface area (Å²) in [6, 6.07) is 22.6. The van der Waals surface area contributed by atoms with E-state index in [1.165, 1.54) is 12.5 Å². The van der Waals surface area contributed by atoms with Gasteiger partial charge in [-0.3, -0.25) is 14.4 Å². The first-order valence-electron chi connectivity index (χ1n) is 12.0. The number of Topliss-reactive ketones (excluding diaryl/α,β-unsaturated/α-hetero) is 1. The third-order valence-corrected chi connectivity index (χ3v) is 5.65. The zero-order valence-electron chi connectivity index (χ0n) is 20.6. The average Bonchev–Trinajstić information content (AvgIpc) is 2.91. The summed E-state index contributed by atoms with van der Waals surface area (Å²) < 4.78 is 0. The Morgan fingerprint density at radius 2 is 1.46 bits per heavy atom. The van der Waals surface area contributed by atoms with Crippen LogP contribution in [0.5, 0.6) is 0 Å². The molecule has 7 heteroatoms. The molecule has 0 radical (unpaired) electrons. The molecule has 0 aliphatic heterocycles. The Bertz CT molecular complexity index is 1260. The topological polar surface area (TPSA) is 116 Å². The Kier molecular flexibility index (Phi) is 10.1. The van der Waals surface area contributed by atoms with Crippen molar-refractivity contribution in [3.63, 3.8) is 0 Å². The van der Waals surface area contributed by atoms with Crippen LogP contribution in [0.2, 0.25) is 0 Å². The fourth-order valence-electron chi connectivity index (χ4n) is 3.60. The Hall–Kier alpha value is -4.25. The SMILES string of the molecule is C[C@@H](O)[C@H](NC(=O)c1ccc(C#Cc2ccc(NC(=O)CCCc3ccccc3)cc2)cc1)C(=O)CO. The van der Waals surface area contributed by atoms with Crippen molar-refractivity contribution in [2.45, 2.75) is 38.3 Å². The summed E-state index contributed by atoms with van der Waals surface area (Å²) in [5.74, 6) is 4.83. The summed E-state index contributed by atoms with van der Waals surface area (Å²) in [4.78, 5) is 36.3. The lowest BCUT2D eigenvalue weighted by Gasteiger charge is -2.19. The summed E-state index contributed by atoms with van der Waals surface area (Å²) >= 11 is 0. The monoisotopic (exact) mass is 498 g/mol. The van der Waals surface area contributed by atoms with Crippen LogP contribution >= 0.6 is 0 Å². The minimum absolute atomic E-state index is 0.0283. The van der Waals surface area contributed by atoms with Crippen LogP contribution in [0.4, 0.5) is 5.69 Å². The largest absolute Gasteiger partial charge is 0.391 e. The zero-order valence-corrected chi connectivity index (χ0v) is 20.6. The highest BCUT2D eigenvalue weighted by Crippen LogP contribution is 2.12. The molecule has 3 rings (SSSR count). The molecule has 3 aromatic carbocycles. The van der Waals surface area contributed by atoms with Gasteiger partial charge in [0, 0.05) is 28.8 Å². The molecule has 2 atom stereocenters. The number of benzene rings is 3. The lowest BCUT2D eigenvalue weighted by atomic mass is 10.1. The second-order valence-electron chi connectivity index (χ2n) is 8.61. The maximum Gasteiger partial charge on any atom is 0.251 e. The normalized spacial score (nSPS) is 12.0. The van der Waals surface area contributed by atoms with Crippen LogP contribution < -0.4 is 10.6 Å². The number of aryl methyl sites for hydroxylation is 1. The molecule has 4 N–H and O–H groups in total. The van der Waals surface area contributed by atoms with Crippen molar-refractivity contribution in [1.29, 1.82) is 0 Å². The molecular formula is C30H30N2O5. The van der Waals surface area contributed by atoms with Crippen LogP contribution in [-0.4, -0.2) is 46.6 Å². The van der Waals surface area contributed by atoms with E-state index in [4.69, 9.17) is 5.11 Å². The van der Waals surface area contributed by atoms with Gasteiger partial charge >= 0.3 is 0 Å². The molecule has 0 spiro atoms. The van der Waals surface area contributed by atoms with Gasteiger partial charge in [0.05, 0.1) is 6.10 Å². The van der Waals surface area contributed by atoms with Gasteiger partial charge in [0.15, 0.2) is 5.78 Å². The highest BCUT2D eigenvalue weighted by Gasteiger charge is 2.25. The van der Waals surface area contributed by atoms with Gasteiger partial charge in [-0.15, -0.1) is 0 Å². The van der Waals surface area contributed by atoms with E-state index in [2.05, 4.69) is 34.6 Å². The number of aliphatic hydroxyl groups is 2. The fourth-order valence-corrected chi connectivity index (χ4v) is 3.60. The smallest absolute Gasteiger partial charge is 0.251 e. The average molecular weight is 499 g/mol. The predicted molar refractivity (Wildman–Crippen MR) is 142 cm³/mol. The van der Waals surface area contributed by atoms with E-state index in [0.717, 1.165) is 18.4 Å². The van der Waals surface area contributed by atoms with Gasteiger partial charge in [0.2, 0.25) is 5.91 Å². The molecule has 0 unspecified atom stereocenters. The van der Waals surface area contributed by atoms with E-state index < -0.39 is 30.4 Å². The molecule has 0 aliphatic rings. The molecule has 0 bridgehead atoms. The third-order valence-electron chi connectivity index (χ3n) is 5.65. The van der Waals surface area contributed by atoms with Gasteiger partial charge in [0.25, 0.3) is 5.91 Å². The van der Waals surface area contributed by atoms with Crippen LogP contribution in [0.25, 0.3) is 0 Å². The number of anilines is 1. The molecule has 7 nitrogen and oxygen atoms in total. The van der Waals surface area contributed by atoms with Gasteiger partial charge in [0.1, 0.15) is 12.6 Å². The van der Waals surface area contributed by atoms with E-state index in [1.54, 1.807) is 36.4 Å². The Morgan fingerprint density at radius 3 is 2.03 bits per heavy atom. The van der Waals surface area contributed by atoms with E-state index in [-0.39, 0.29) is 5.91 Å². The molecule has 0 heterocycles. The highest BCUT2D eigenvalue weighted by atomic mass is 16.3. The molecule has 0 aliphatic carbocycles. The van der Waals surface area contributed by atoms with Crippen molar-refractivity contribution in [3.05, 3.63) is 101 Å². The number of rotatable bonds is 10. The number of aliphatic hydroxyl groups excluding tert-OH is 2. The summed E-state index contributed by atoms with van der Waals surface area (Å²) in [7, 11) is 0. The molecule has 0 aromatic heterocycles. The number of hydrogen-bond donors (Lipinski definition) is 4. The first kappa shape index (κ1) is 27.3. The van der Waals surface area contributed by atoms with Gasteiger partial charge in [-0.2, -0.15) is 0 Å². The molecule has 0 fully saturated rings. The number of nitrogens with one attached hydrogen (secondary N) is 2. The Labute approximate surface area is 216 Å². The highest BCUT2D eigenvalue weighted by molar-refractivity contribution is 5.98. The van der Waals surface area contributed by atoms with Gasteiger partial charge in [-0.25, -0.2) is 0 Å². The quantitative estimate of drug-likeness (QED) is 0.321. The van der Waals surface area contributed by atoms with Crippen LogP contribution in [-0.2, 0) is 16.0 Å². The molecule has 2 amide bonds. The van der Waals surface area contributed by atoms with Gasteiger partial charge in [-0.05, 0) is 73.9 Å². The number of ketones is 1. The third kappa shape index (κ3) is 8.73. The summed E-state index contributed by atoms with van der Waals surface area (Å²) in [5.41, 5.74) is 3.68. The van der Waals surface area contributed by atoms with E-state index in [0.29, 0.717) is 23.2 Å². The molecule has 37 heavy (non-hydrogen) atoms. The summed E-state index contributed by atoms with van der Waals surface area (Å²) in [5, 5.41) is 24.0. The van der Waals surface area contributed by atoms with Crippen molar-refractivity contribution in [2.75, 3.05) is 11.9 Å². The maximum atomic E-state index is 12.4. The first-order chi connectivity index (χ1) is 17.9. The lowest BCUT2D eigenvalue weighted by Crippen LogP contribution is -2.48. The maximum absolute atomic E-state index is 12.4. The van der Waals surface area contributed by atoms with Crippen molar-refractivity contribution in [3.8, 4) is 11.8 Å². The predicted octanol–water partition coefficient (Wildman–Crippen LogP) is 3.09. The second kappa shape index (κ2) is 13.7. The van der Waals surface area contributed by atoms with Gasteiger partial charge in [-0.1, -0.05) is 42.2 Å². The number of carbonyl (C=O) groups is 3. The Morgan fingerprint density at radius 1 is 0.865 bits per heavy atom. The van der Waals surface area contributed by atoms with E-state index in [9.17, 15) is 19.5 Å². The minimum atomic E-state index is -1.18. The van der Waals surface area contributed by atoms with E-state index in [1.807, 2.05) is 30.3 Å². The van der Waals surface area contributed by atoms with Crippen molar-refractivity contribution >= 4 is 23.3 Å². The van der Waals surface area contributed by atoms with Crippen molar-refractivity contribution in [1.82, 2.24) is 5.32 Å². The van der Waals surface area contributed by atoms with Crippen LogP contribution in [0, 0.1) is 11.8 Å². The van der Waals surface area contributed by atoms with Crippen LogP contribution in [0.1, 0.15) is 46.8 Å². The number of amides is 2. The Balaban J connectivity index is 1.51. The molecule has 0 saturated heterocycles. The molecular weight excluding hydrogens is 468 g/mol. The number of carbonyl (C=O) groups excluding carboxylic acids is 3. The molecule has 3 aromatic rings. The number of hydrogen-bond acceptors (Lipinski definition) is 5. The minimum Gasteiger partial charge on any atom is -0.391 e. The lowest BCUT2D eigenvalue weighted by molar-refractivity contribution is -0.126. The van der Waals surface area contributed by atoms with Gasteiger partial charge < -0.3 is 20.8 Å². The second-order valence-corrected chi connectivity index (χ2v) is 8.61. The van der Waals surface area contributed by atoms with E-state index >= 15 is 0 Å². The van der Waals surface area contributed by atoms with Crippen LogP contribution in [0.3, 0.4) is 0 Å². The van der Waals surface area contributed by atoms with Crippen molar-refractivity contribution in [2.24, 2.45) is 0 Å². The fraction of sp³-hybridized carbons (Fsp3) is 0.233. The van der Waals surface area contributed by atoms with Crippen LogP contribution in [0.15, 0.2) is 78.9 Å². The molecule has 0 saturated carbocycles. The zero-order chi connectivity index (χ0) is 26.6. The van der Waals surface area contributed by atoms with Crippen molar-refractivity contribution < 1.29 is 24.6 Å². The standard InChI is InChI=1S/C30H30N2O5/c1-21(34)29(27(35)20-33)32-30(37)25-16-12-23(13-17-25)10-11-24-14-18-26(19-15-24)31-28(36)9-5-8-22-6-3-2-4-7-22/h2-4,6-7,12-19,21,29,33-34H,5,8-9,20H2,1H3,(H,31,36)(H,32,37)/t21-,29+/m1/s1. The molecule has 190 valence electrons.